The summed E-state index contributed by atoms with van der Waals surface area (Å²) in [4.78, 5) is 21.7. The highest BCUT2D eigenvalue weighted by atomic mass is 32.1. The summed E-state index contributed by atoms with van der Waals surface area (Å²) in [5.41, 5.74) is 7.62. The fourth-order valence-electron chi connectivity index (χ4n) is 3.55. The van der Waals surface area contributed by atoms with Crippen LogP contribution in [0.3, 0.4) is 0 Å². The number of carbonyl (C=O) groups is 1. The molecule has 4 heterocycles. The van der Waals surface area contributed by atoms with Gasteiger partial charge < -0.3 is 10.1 Å². The van der Waals surface area contributed by atoms with Crippen molar-refractivity contribution in [3.8, 4) is 11.3 Å². The van der Waals surface area contributed by atoms with Crippen LogP contribution in [0.2, 0.25) is 0 Å². The van der Waals surface area contributed by atoms with E-state index in [4.69, 9.17) is 4.74 Å². The van der Waals surface area contributed by atoms with Gasteiger partial charge >= 0.3 is 0 Å². The van der Waals surface area contributed by atoms with Crippen molar-refractivity contribution in [3.05, 3.63) is 69.5 Å². The van der Waals surface area contributed by atoms with Crippen LogP contribution >= 0.6 is 22.7 Å². The van der Waals surface area contributed by atoms with Gasteiger partial charge in [0.2, 0.25) is 0 Å². The van der Waals surface area contributed by atoms with E-state index >= 15 is 0 Å². The van der Waals surface area contributed by atoms with Gasteiger partial charge in [0.15, 0.2) is 0 Å². The van der Waals surface area contributed by atoms with E-state index in [0.717, 1.165) is 39.9 Å². The molecular formula is C22H19N3O2S2. The largest absolute Gasteiger partial charge is 0.379 e. The molecule has 1 N–H and O–H groups in total. The van der Waals surface area contributed by atoms with E-state index in [1.807, 2.05) is 28.4 Å². The lowest BCUT2D eigenvalue weighted by molar-refractivity contribution is 0.0925. The van der Waals surface area contributed by atoms with E-state index in [1.54, 1.807) is 22.7 Å². The Morgan fingerprint density at radius 3 is 2.90 bits per heavy atom. The molecule has 5 rings (SSSR count). The molecule has 1 aliphatic heterocycles. The lowest BCUT2D eigenvalue weighted by Crippen LogP contribution is -2.35. The minimum absolute atomic E-state index is 0.0733. The second-order valence-corrected chi connectivity index (χ2v) is 8.72. The van der Waals surface area contributed by atoms with Crippen LogP contribution in [0.25, 0.3) is 21.5 Å². The van der Waals surface area contributed by atoms with Crippen LogP contribution < -0.4 is 5.32 Å². The Kier molecular flexibility index (Phi) is 5.10. The van der Waals surface area contributed by atoms with Crippen molar-refractivity contribution in [1.29, 1.82) is 0 Å². The second kappa shape index (κ2) is 8.02. The Morgan fingerprint density at radius 2 is 2.14 bits per heavy atom. The number of ether oxygens (including phenoxy) is 1. The van der Waals surface area contributed by atoms with Crippen molar-refractivity contribution < 1.29 is 9.53 Å². The first kappa shape index (κ1) is 18.4. The zero-order valence-corrected chi connectivity index (χ0v) is 17.3. The van der Waals surface area contributed by atoms with E-state index in [-0.39, 0.29) is 11.9 Å². The van der Waals surface area contributed by atoms with Gasteiger partial charge in [0, 0.05) is 17.6 Å². The van der Waals surface area contributed by atoms with Crippen LogP contribution in [-0.2, 0) is 11.2 Å². The van der Waals surface area contributed by atoms with Crippen LogP contribution in [0.5, 0.6) is 0 Å². The third-order valence-electron chi connectivity index (χ3n) is 5.06. The Morgan fingerprint density at radius 1 is 1.24 bits per heavy atom. The minimum atomic E-state index is -0.131. The van der Waals surface area contributed by atoms with Gasteiger partial charge in [-0.15, -0.1) is 22.7 Å². The van der Waals surface area contributed by atoms with Gasteiger partial charge in [-0.25, -0.2) is 9.97 Å². The van der Waals surface area contributed by atoms with E-state index in [2.05, 4.69) is 39.6 Å². The molecule has 1 saturated heterocycles. The number of hydrogen-bond acceptors (Lipinski definition) is 6. The summed E-state index contributed by atoms with van der Waals surface area (Å²) in [5, 5.41) is 7.11. The predicted octanol–water partition coefficient (Wildman–Crippen LogP) is 4.53. The number of thiazole rings is 1. The normalized spacial score (nSPS) is 16.3. The van der Waals surface area contributed by atoms with Crippen LogP contribution in [0.1, 0.15) is 28.0 Å². The molecule has 1 fully saturated rings. The zero-order valence-electron chi connectivity index (χ0n) is 15.6. The molecule has 1 aromatic carbocycles. The topological polar surface area (TPSA) is 64.1 Å². The predicted molar refractivity (Wildman–Crippen MR) is 117 cm³/mol. The monoisotopic (exact) mass is 421 g/mol. The fraction of sp³-hybridized carbons (Fsp3) is 0.227. The van der Waals surface area contributed by atoms with Gasteiger partial charge in [0.25, 0.3) is 5.91 Å². The maximum atomic E-state index is 12.7. The van der Waals surface area contributed by atoms with Crippen molar-refractivity contribution in [2.24, 2.45) is 0 Å². The van der Waals surface area contributed by atoms with Gasteiger partial charge in [-0.3, -0.25) is 4.79 Å². The van der Waals surface area contributed by atoms with Crippen LogP contribution in [-0.4, -0.2) is 35.1 Å². The standard InChI is InChI=1S/C22H19N3O2S2/c26-22(24-17-5-7-27-11-17)19-10-16(21-18(25-19)6-8-29-21)9-14-1-3-15(4-2-14)20-12-28-13-23-20/h1-4,6,8,10,12-13,17H,5,7,9,11H2,(H,24,26)/t17-/m1/s1. The molecule has 0 unspecified atom stereocenters. The van der Waals surface area contributed by atoms with Crippen molar-refractivity contribution in [2.45, 2.75) is 18.9 Å². The summed E-state index contributed by atoms with van der Waals surface area (Å²) in [6, 6.07) is 12.4. The first-order valence-corrected chi connectivity index (χ1v) is 11.3. The second-order valence-electron chi connectivity index (χ2n) is 7.08. The van der Waals surface area contributed by atoms with Crippen LogP contribution in [0.4, 0.5) is 0 Å². The lowest BCUT2D eigenvalue weighted by atomic mass is 10.0. The van der Waals surface area contributed by atoms with Crippen LogP contribution in [0, 0.1) is 0 Å². The number of benzene rings is 1. The van der Waals surface area contributed by atoms with Crippen molar-refractivity contribution in [1.82, 2.24) is 15.3 Å². The quantitative estimate of drug-likeness (QED) is 0.514. The molecule has 1 amide bonds. The zero-order chi connectivity index (χ0) is 19.6. The molecular weight excluding hydrogens is 402 g/mol. The highest BCUT2D eigenvalue weighted by molar-refractivity contribution is 7.17. The van der Waals surface area contributed by atoms with Gasteiger partial charge in [0.1, 0.15) is 5.69 Å². The number of nitrogens with zero attached hydrogens (tertiary/aromatic N) is 2. The van der Waals surface area contributed by atoms with Gasteiger partial charge in [-0.05, 0) is 41.5 Å². The Bertz CT molecular complexity index is 1130. The summed E-state index contributed by atoms with van der Waals surface area (Å²) >= 11 is 3.26. The van der Waals surface area contributed by atoms with Gasteiger partial charge in [-0.2, -0.15) is 0 Å². The number of fused-ring (bicyclic) bond motifs is 1. The Labute approximate surface area is 176 Å². The number of nitrogens with one attached hydrogen (secondary N) is 1. The Hall–Kier alpha value is -2.61. The average Bonchev–Trinajstić information content (AvgIpc) is 3.50. The summed E-state index contributed by atoms with van der Waals surface area (Å²) in [6.45, 7) is 1.27. The molecule has 0 saturated carbocycles. The molecule has 5 nitrogen and oxygen atoms in total. The third-order valence-corrected chi connectivity index (χ3v) is 6.63. The number of carbonyl (C=O) groups excluding carboxylic acids is 1. The molecule has 0 spiro atoms. The average molecular weight is 422 g/mol. The molecule has 4 aromatic rings. The van der Waals surface area contributed by atoms with E-state index in [1.165, 1.54) is 5.56 Å². The molecule has 29 heavy (non-hydrogen) atoms. The molecule has 7 heteroatoms. The summed E-state index contributed by atoms with van der Waals surface area (Å²) < 4.78 is 6.49. The van der Waals surface area contributed by atoms with Gasteiger partial charge in [0.05, 0.1) is 34.1 Å². The van der Waals surface area contributed by atoms with Crippen molar-refractivity contribution in [2.75, 3.05) is 13.2 Å². The fourth-order valence-corrected chi connectivity index (χ4v) is 4.96. The molecule has 0 bridgehead atoms. The third kappa shape index (κ3) is 3.94. The summed E-state index contributed by atoms with van der Waals surface area (Å²) in [6.07, 6.45) is 1.61. The highest BCUT2D eigenvalue weighted by Gasteiger charge is 2.20. The van der Waals surface area contributed by atoms with E-state index < -0.39 is 0 Å². The summed E-state index contributed by atoms with van der Waals surface area (Å²) in [7, 11) is 0. The molecule has 3 aromatic heterocycles. The smallest absolute Gasteiger partial charge is 0.270 e. The maximum Gasteiger partial charge on any atom is 0.270 e. The van der Waals surface area contributed by atoms with Crippen molar-refractivity contribution >= 4 is 38.8 Å². The first-order chi connectivity index (χ1) is 14.3. The number of rotatable bonds is 5. The molecule has 0 radical (unpaired) electrons. The van der Waals surface area contributed by atoms with Gasteiger partial charge in [-0.1, -0.05) is 24.3 Å². The van der Waals surface area contributed by atoms with Crippen molar-refractivity contribution in [3.63, 3.8) is 0 Å². The minimum Gasteiger partial charge on any atom is -0.379 e. The molecule has 0 aliphatic carbocycles. The van der Waals surface area contributed by atoms with E-state index in [9.17, 15) is 4.79 Å². The SMILES string of the molecule is O=C(N[C@@H]1CCOC1)c1cc(Cc2ccc(-c3cscn3)cc2)c2sccc2n1. The number of hydrogen-bond donors (Lipinski definition) is 1. The number of aromatic nitrogens is 2. The maximum absolute atomic E-state index is 12.7. The number of pyridine rings is 1. The lowest BCUT2D eigenvalue weighted by Gasteiger charge is -2.12. The molecule has 1 aliphatic rings. The molecule has 146 valence electrons. The summed E-state index contributed by atoms with van der Waals surface area (Å²) in [5.74, 6) is -0.131. The van der Waals surface area contributed by atoms with E-state index in [0.29, 0.717) is 18.9 Å². The Balaban J connectivity index is 1.41. The van der Waals surface area contributed by atoms with Crippen LogP contribution in [0.15, 0.2) is 52.7 Å². The first-order valence-electron chi connectivity index (χ1n) is 9.49. The number of amides is 1. The highest BCUT2D eigenvalue weighted by Crippen LogP contribution is 2.27. The molecule has 1 atom stereocenters. The number of thiophene rings is 1.